The summed E-state index contributed by atoms with van der Waals surface area (Å²) in [6, 6.07) is 12.2. The summed E-state index contributed by atoms with van der Waals surface area (Å²) in [5, 5.41) is 4.43. The van der Waals surface area contributed by atoms with Crippen LogP contribution < -0.4 is 5.32 Å². The number of carbonyl (C=O) groups is 2. The number of methoxy groups -OCH3 is 2. The Labute approximate surface area is 122 Å². The van der Waals surface area contributed by atoms with Crippen molar-refractivity contribution in [1.29, 1.82) is 0 Å². The Kier molecular flexibility index (Phi) is 4.90. The van der Waals surface area contributed by atoms with Gasteiger partial charge in [-0.25, -0.2) is 4.79 Å². The Morgan fingerprint density at radius 1 is 1.10 bits per heavy atom. The van der Waals surface area contributed by atoms with Gasteiger partial charge in [-0.15, -0.1) is 0 Å². The summed E-state index contributed by atoms with van der Waals surface area (Å²) in [5.41, 5.74) is 0.512. The smallest absolute Gasteiger partial charge is 0.330 e. The molecule has 0 unspecified atom stereocenters. The van der Waals surface area contributed by atoms with E-state index < -0.39 is 12.0 Å². The van der Waals surface area contributed by atoms with Crippen LogP contribution in [0.2, 0.25) is 0 Å². The molecule has 21 heavy (non-hydrogen) atoms. The van der Waals surface area contributed by atoms with Gasteiger partial charge in [0.15, 0.2) is 6.04 Å². The molecular formula is C16H17NO4. The molecule has 0 radical (unpaired) electrons. The van der Waals surface area contributed by atoms with Gasteiger partial charge in [0.05, 0.1) is 13.7 Å². The highest BCUT2D eigenvalue weighted by Gasteiger charge is 2.22. The standard InChI is InChI=1S/C16H17NO4/c1-20-10-14(16(19)21-2)17-15(18)13-9-5-7-11-6-3-4-8-12(11)13/h3-9,14H,10H2,1-2H3,(H,17,18)/t14-/m0/s1. The molecule has 2 rings (SSSR count). The number of rotatable bonds is 5. The lowest BCUT2D eigenvalue weighted by molar-refractivity contribution is -0.144. The van der Waals surface area contributed by atoms with Gasteiger partial charge in [0.25, 0.3) is 5.91 Å². The summed E-state index contributed by atoms with van der Waals surface area (Å²) in [5.74, 6) is -0.871. The van der Waals surface area contributed by atoms with Crippen molar-refractivity contribution in [3.05, 3.63) is 48.0 Å². The predicted octanol–water partition coefficient (Wildman–Crippen LogP) is 1.76. The van der Waals surface area contributed by atoms with Crippen LogP contribution in [0.1, 0.15) is 10.4 Å². The highest BCUT2D eigenvalue weighted by atomic mass is 16.5. The average Bonchev–Trinajstić information content (AvgIpc) is 2.53. The number of nitrogens with one attached hydrogen (secondary N) is 1. The molecule has 1 amide bonds. The summed E-state index contributed by atoms with van der Waals surface area (Å²) < 4.78 is 9.59. The van der Waals surface area contributed by atoms with E-state index in [9.17, 15) is 9.59 Å². The lowest BCUT2D eigenvalue weighted by Crippen LogP contribution is -2.44. The molecule has 1 atom stereocenters. The number of carbonyl (C=O) groups excluding carboxylic acids is 2. The third kappa shape index (κ3) is 3.38. The number of amides is 1. The second kappa shape index (κ2) is 6.85. The average molecular weight is 287 g/mol. The van der Waals surface area contributed by atoms with Crippen molar-refractivity contribution in [2.24, 2.45) is 0 Å². The number of esters is 1. The van der Waals surface area contributed by atoms with Gasteiger partial charge in [0.1, 0.15) is 0 Å². The van der Waals surface area contributed by atoms with Crippen molar-refractivity contribution >= 4 is 22.6 Å². The normalized spacial score (nSPS) is 11.9. The van der Waals surface area contributed by atoms with Gasteiger partial charge in [-0.1, -0.05) is 36.4 Å². The first-order chi connectivity index (χ1) is 10.2. The molecule has 5 nitrogen and oxygen atoms in total. The van der Waals surface area contributed by atoms with Crippen molar-refractivity contribution in [1.82, 2.24) is 5.32 Å². The minimum Gasteiger partial charge on any atom is -0.467 e. The summed E-state index contributed by atoms with van der Waals surface area (Å²) in [4.78, 5) is 24.0. The maximum absolute atomic E-state index is 12.4. The maximum Gasteiger partial charge on any atom is 0.330 e. The fraction of sp³-hybridized carbons (Fsp3) is 0.250. The molecule has 0 saturated heterocycles. The molecule has 0 aliphatic rings. The molecule has 2 aromatic carbocycles. The first kappa shape index (κ1) is 15.0. The maximum atomic E-state index is 12.4. The van der Waals surface area contributed by atoms with Crippen molar-refractivity contribution in [3.8, 4) is 0 Å². The van der Waals surface area contributed by atoms with Gasteiger partial charge in [-0.3, -0.25) is 4.79 Å². The van der Waals surface area contributed by atoms with Gasteiger partial charge in [-0.05, 0) is 16.8 Å². The topological polar surface area (TPSA) is 64.6 Å². The van der Waals surface area contributed by atoms with Crippen LogP contribution in [0.3, 0.4) is 0 Å². The molecule has 0 fully saturated rings. The van der Waals surface area contributed by atoms with Crippen molar-refractivity contribution in [3.63, 3.8) is 0 Å². The van der Waals surface area contributed by atoms with E-state index in [0.717, 1.165) is 10.8 Å². The molecule has 0 aromatic heterocycles. The lowest BCUT2D eigenvalue weighted by atomic mass is 10.0. The minimum atomic E-state index is -0.827. The molecule has 0 heterocycles. The Morgan fingerprint density at radius 2 is 1.81 bits per heavy atom. The van der Waals surface area contributed by atoms with Crippen molar-refractivity contribution < 1.29 is 19.1 Å². The Hall–Kier alpha value is -2.40. The number of ether oxygens (including phenoxy) is 2. The van der Waals surface area contributed by atoms with E-state index >= 15 is 0 Å². The van der Waals surface area contributed by atoms with E-state index in [2.05, 4.69) is 10.1 Å². The first-order valence-corrected chi connectivity index (χ1v) is 6.52. The molecule has 110 valence electrons. The van der Waals surface area contributed by atoms with Crippen LogP contribution in [-0.4, -0.2) is 38.7 Å². The number of hydrogen-bond acceptors (Lipinski definition) is 4. The molecule has 0 aliphatic carbocycles. The lowest BCUT2D eigenvalue weighted by Gasteiger charge is -2.16. The Bertz CT molecular complexity index is 648. The molecule has 2 aromatic rings. The van der Waals surface area contributed by atoms with Crippen molar-refractivity contribution in [2.45, 2.75) is 6.04 Å². The molecule has 0 bridgehead atoms. The molecular weight excluding hydrogens is 270 g/mol. The van der Waals surface area contributed by atoms with Crippen LogP contribution in [0.4, 0.5) is 0 Å². The van der Waals surface area contributed by atoms with Crippen LogP contribution >= 0.6 is 0 Å². The van der Waals surface area contributed by atoms with Crippen LogP contribution in [0.25, 0.3) is 10.8 Å². The Balaban J connectivity index is 2.27. The first-order valence-electron chi connectivity index (χ1n) is 6.52. The molecule has 0 aliphatic heterocycles. The fourth-order valence-corrected chi connectivity index (χ4v) is 2.14. The zero-order valence-corrected chi connectivity index (χ0v) is 12.0. The van der Waals surface area contributed by atoms with Crippen LogP contribution in [0.15, 0.2) is 42.5 Å². The molecule has 0 spiro atoms. The van der Waals surface area contributed by atoms with Gasteiger partial charge in [-0.2, -0.15) is 0 Å². The SMILES string of the molecule is COC[C@H](NC(=O)c1cccc2ccccc12)C(=O)OC. The fourth-order valence-electron chi connectivity index (χ4n) is 2.14. The van der Waals surface area contributed by atoms with Crippen LogP contribution in [0.5, 0.6) is 0 Å². The quantitative estimate of drug-likeness (QED) is 0.851. The number of fused-ring (bicyclic) bond motifs is 1. The molecule has 5 heteroatoms. The second-order valence-corrected chi connectivity index (χ2v) is 4.53. The summed E-state index contributed by atoms with van der Waals surface area (Å²) in [6.07, 6.45) is 0. The van der Waals surface area contributed by atoms with Crippen molar-refractivity contribution in [2.75, 3.05) is 20.8 Å². The van der Waals surface area contributed by atoms with Crippen LogP contribution in [-0.2, 0) is 14.3 Å². The number of hydrogen-bond donors (Lipinski definition) is 1. The predicted molar refractivity (Wildman–Crippen MR) is 79.1 cm³/mol. The van der Waals surface area contributed by atoms with Gasteiger partial charge < -0.3 is 14.8 Å². The van der Waals surface area contributed by atoms with E-state index in [1.807, 2.05) is 30.3 Å². The molecule has 1 N–H and O–H groups in total. The second-order valence-electron chi connectivity index (χ2n) is 4.53. The zero-order chi connectivity index (χ0) is 15.2. The van der Waals surface area contributed by atoms with Gasteiger partial charge in [0, 0.05) is 12.7 Å². The Morgan fingerprint density at radius 3 is 2.52 bits per heavy atom. The largest absolute Gasteiger partial charge is 0.467 e. The third-order valence-electron chi connectivity index (χ3n) is 3.16. The zero-order valence-electron chi connectivity index (χ0n) is 12.0. The van der Waals surface area contributed by atoms with E-state index in [-0.39, 0.29) is 12.5 Å². The highest BCUT2D eigenvalue weighted by molar-refractivity contribution is 6.07. The highest BCUT2D eigenvalue weighted by Crippen LogP contribution is 2.18. The van der Waals surface area contributed by atoms with Crippen LogP contribution in [0, 0.1) is 0 Å². The van der Waals surface area contributed by atoms with E-state index in [4.69, 9.17) is 4.74 Å². The van der Waals surface area contributed by atoms with E-state index in [1.165, 1.54) is 14.2 Å². The minimum absolute atomic E-state index is 0.0587. The number of benzene rings is 2. The summed E-state index contributed by atoms with van der Waals surface area (Å²) >= 11 is 0. The monoisotopic (exact) mass is 287 g/mol. The van der Waals surface area contributed by atoms with E-state index in [1.54, 1.807) is 12.1 Å². The molecule has 0 saturated carbocycles. The summed E-state index contributed by atoms with van der Waals surface area (Å²) in [7, 11) is 2.73. The third-order valence-corrected chi connectivity index (χ3v) is 3.16. The van der Waals surface area contributed by atoms with Gasteiger partial charge >= 0.3 is 5.97 Å². The van der Waals surface area contributed by atoms with Gasteiger partial charge in [0.2, 0.25) is 0 Å². The van der Waals surface area contributed by atoms with E-state index in [0.29, 0.717) is 5.56 Å². The summed E-state index contributed by atoms with van der Waals surface area (Å²) in [6.45, 7) is 0.0587.